The summed E-state index contributed by atoms with van der Waals surface area (Å²) in [7, 11) is -2.02. The van der Waals surface area contributed by atoms with E-state index in [0.29, 0.717) is 19.4 Å². The topological polar surface area (TPSA) is 102 Å². The molecule has 1 atom stereocenters. The van der Waals surface area contributed by atoms with E-state index in [2.05, 4.69) is 11.4 Å². The Kier molecular flexibility index (Phi) is 7.47. The SMILES string of the molecule is COc1cccc(CNCC[C@@H]2CCC(=O)N2CCc2ccc(S(N)(=O)=O)cc2)c1. The number of amides is 1. The van der Waals surface area contributed by atoms with Crippen molar-refractivity contribution in [3.63, 3.8) is 0 Å². The fraction of sp³-hybridized carbons (Fsp3) is 0.409. The maximum atomic E-state index is 12.3. The van der Waals surface area contributed by atoms with Crippen molar-refractivity contribution in [2.45, 2.75) is 43.2 Å². The van der Waals surface area contributed by atoms with Crippen molar-refractivity contribution in [2.75, 3.05) is 20.2 Å². The van der Waals surface area contributed by atoms with E-state index >= 15 is 0 Å². The van der Waals surface area contributed by atoms with Crippen LogP contribution in [0.25, 0.3) is 0 Å². The van der Waals surface area contributed by atoms with Crippen LogP contribution in [0.5, 0.6) is 5.75 Å². The van der Waals surface area contributed by atoms with Gasteiger partial charge in [0.25, 0.3) is 0 Å². The number of rotatable bonds is 10. The van der Waals surface area contributed by atoms with E-state index in [9.17, 15) is 13.2 Å². The molecule has 1 heterocycles. The fourth-order valence-electron chi connectivity index (χ4n) is 3.78. The third kappa shape index (κ3) is 6.04. The minimum Gasteiger partial charge on any atom is -0.497 e. The van der Waals surface area contributed by atoms with Gasteiger partial charge in [-0.2, -0.15) is 0 Å². The lowest BCUT2D eigenvalue weighted by molar-refractivity contribution is -0.129. The number of nitrogens with two attached hydrogens (primary N) is 1. The van der Waals surface area contributed by atoms with Gasteiger partial charge in [0, 0.05) is 25.6 Å². The Bertz CT molecular complexity index is 961. The molecule has 2 aromatic rings. The molecular weight excluding hydrogens is 402 g/mol. The van der Waals surface area contributed by atoms with Gasteiger partial charge in [0.05, 0.1) is 12.0 Å². The lowest BCUT2D eigenvalue weighted by Gasteiger charge is -2.25. The number of primary sulfonamides is 1. The standard InChI is InChI=1S/C22H29N3O4S/c1-29-20-4-2-3-18(15-20)16-24-13-11-19-7-10-22(26)25(19)14-12-17-5-8-21(9-6-17)30(23,27)28/h2-6,8-9,15,19,24H,7,10-14,16H2,1H3,(H2,23,27,28)/t19-/m0/s1. The summed E-state index contributed by atoms with van der Waals surface area (Å²) in [4.78, 5) is 14.4. The molecule has 1 aliphatic heterocycles. The molecule has 30 heavy (non-hydrogen) atoms. The number of nitrogens with one attached hydrogen (secondary N) is 1. The molecule has 2 aromatic carbocycles. The maximum Gasteiger partial charge on any atom is 0.238 e. The van der Waals surface area contributed by atoms with Crippen LogP contribution < -0.4 is 15.2 Å². The molecule has 0 unspecified atom stereocenters. The first-order valence-electron chi connectivity index (χ1n) is 10.1. The Morgan fingerprint density at radius 1 is 1.17 bits per heavy atom. The number of likely N-dealkylation sites (tertiary alicyclic amines) is 1. The third-order valence-corrected chi connectivity index (χ3v) is 6.39. The smallest absolute Gasteiger partial charge is 0.238 e. The first-order chi connectivity index (χ1) is 14.4. The van der Waals surface area contributed by atoms with Gasteiger partial charge in [0.2, 0.25) is 15.9 Å². The average Bonchev–Trinajstić information content (AvgIpc) is 3.09. The van der Waals surface area contributed by atoms with Crippen LogP contribution in [-0.2, 0) is 27.8 Å². The molecule has 3 rings (SSSR count). The molecule has 1 saturated heterocycles. The minimum atomic E-state index is -3.68. The lowest BCUT2D eigenvalue weighted by atomic mass is 10.1. The number of hydrogen-bond acceptors (Lipinski definition) is 5. The fourth-order valence-corrected chi connectivity index (χ4v) is 4.30. The number of methoxy groups -OCH3 is 1. The highest BCUT2D eigenvalue weighted by Crippen LogP contribution is 2.22. The summed E-state index contributed by atoms with van der Waals surface area (Å²) in [5.74, 6) is 1.04. The summed E-state index contributed by atoms with van der Waals surface area (Å²) in [6.45, 7) is 2.22. The molecule has 0 bridgehead atoms. The predicted molar refractivity (Wildman–Crippen MR) is 116 cm³/mol. The van der Waals surface area contributed by atoms with E-state index in [1.54, 1.807) is 19.2 Å². The Morgan fingerprint density at radius 2 is 1.93 bits per heavy atom. The number of sulfonamides is 1. The van der Waals surface area contributed by atoms with Crippen molar-refractivity contribution in [2.24, 2.45) is 5.14 Å². The van der Waals surface area contributed by atoms with Crippen LogP contribution in [-0.4, -0.2) is 45.5 Å². The van der Waals surface area contributed by atoms with Gasteiger partial charge in [-0.1, -0.05) is 24.3 Å². The molecule has 1 fully saturated rings. The van der Waals surface area contributed by atoms with E-state index in [0.717, 1.165) is 42.8 Å². The number of ether oxygens (including phenoxy) is 1. The summed E-state index contributed by atoms with van der Waals surface area (Å²) in [5, 5.41) is 8.58. The van der Waals surface area contributed by atoms with Gasteiger partial charge in [-0.3, -0.25) is 4.79 Å². The molecule has 162 valence electrons. The second-order valence-electron chi connectivity index (χ2n) is 7.54. The Balaban J connectivity index is 1.47. The highest BCUT2D eigenvalue weighted by atomic mass is 32.2. The van der Waals surface area contributed by atoms with E-state index in [4.69, 9.17) is 9.88 Å². The minimum absolute atomic E-state index is 0.100. The van der Waals surface area contributed by atoms with E-state index < -0.39 is 10.0 Å². The van der Waals surface area contributed by atoms with Crippen LogP contribution in [0.2, 0.25) is 0 Å². The average molecular weight is 432 g/mol. The zero-order valence-corrected chi connectivity index (χ0v) is 18.0. The molecule has 8 heteroatoms. The number of hydrogen-bond donors (Lipinski definition) is 2. The monoisotopic (exact) mass is 431 g/mol. The van der Waals surface area contributed by atoms with Crippen molar-refractivity contribution in [1.29, 1.82) is 0 Å². The molecule has 0 radical (unpaired) electrons. The van der Waals surface area contributed by atoms with Gasteiger partial charge in [0.1, 0.15) is 5.75 Å². The number of carbonyl (C=O) groups is 1. The third-order valence-electron chi connectivity index (χ3n) is 5.46. The first kappa shape index (κ1) is 22.3. The zero-order valence-electron chi connectivity index (χ0n) is 17.2. The maximum absolute atomic E-state index is 12.3. The van der Waals surface area contributed by atoms with E-state index in [-0.39, 0.29) is 16.8 Å². The highest BCUT2D eigenvalue weighted by Gasteiger charge is 2.29. The quantitative estimate of drug-likeness (QED) is 0.561. The molecule has 1 amide bonds. The van der Waals surface area contributed by atoms with E-state index in [1.165, 1.54) is 12.1 Å². The van der Waals surface area contributed by atoms with Crippen molar-refractivity contribution >= 4 is 15.9 Å². The van der Waals surface area contributed by atoms with Gasteiger partial charge in [-0.15, -0.1) is 0 Å². The largest absolute Gasteiger partial charge is 0.497 e. The van der Waals surface area contributed by atoms with Gasteiger partial charge < -0.3 is 15.0 Å². The van der Waals surface area contributed by atoms with Crippen molar-refractivity contribution in [1.82, 2.24) is 10.2 Å². The molecular formula is C22H29N3O4S. The van der Waals surface area contributed by atoms with Crippen molar-refractivity contribution < 1.29 is 17.9 Å². The van der Waals surface area contributed by atoms with Gasteiger partial charge in [0.15, 0.2) is 0 Å². The summed E-state index contributed by atoms with van der Waals surface area (Å²) >= 11 is 0. The Hall–Kier alpha value is -2.42. The second-order valence-corrected chi connectivity index (χ2v) is 9.10. The highest BCUT2D eigenvalue weighted by molar-refractivity contribution is 7.89. The van der Waals surface area contributed by atoms with Crippen LogP contribution in [0.1, 0.15) is 30.4 Å². The number of nitrogens with zero attached hydrogens (tertiary/aromatic N) is 1. The summed E-state index contributed by atoms with van der Waals surface area (Å²) in [6, 6.07) is 14.7. The van der Waals surface area contributed by atoms with Crippen molar-refractivity contribution in [3.05, 3.63) is 59.7 Å². The normalized spacial score (nSPS) is 16.8. The van der Waals surface area contributed by atoms with Crippen LogP contribution in [0.3, 0.4) is 0 Å². The summed E-state index contributed by atoms with van der Waals surface area (Å²) in [5.41, 5.74) is 2.15. The number of benzene rings is 2. The second kappa shape index (κ2) is 10.1. The molecule has 0 saturated carbocycles. The van der Waals surface area contributed by atoms with Gasteiger partial charge in [-0.05, 0) is 61.2 Å². The van der Waals surface area contributed by atoms with Crippen molar-refractivity contribution in [3.8, 4) is 5.75 Å². The molecule has 3 N–H and O–H groups in total. The zero-order chi connectivity index (χ0) is 21.6. The first-order valence-corrected chi connectivity index (χ1v) is 11.7. The van der Waals surface area contributed by atoms with Gasteiger partial charge in [-0.25, -0.2) is 13.6 Å². The molecule has 1 aliphatic rings. The van der Waals surface area contributed by atoms with Gasteiger partial charge >= 0.3 is 0 Å². The molecule has 0 spiro atoms. The number of carbonyl (C=O) groups excluding carboxylic acids is 1. The summed E-state index contributed by atoms with van der Waals surface area (Å²) in [6.07, 6.45) is 3.05. The molecule has 7 nitrogen and oxygen atoms in total. The van der Waals surface area contributed by atoms with Crippen LogP contribution in [0.4, 0.5) is 0 Å². The Labute approximate surface area is 178 Å². The molecule has 0 aromatic heterocycles. The summed E-state index contributed by atoms with van der Waals surface area (Å²) < 4.78 is 28.0. The van der Waals surface area contributed by atoms with Crippen LogP contribution in [0, 0.1) is 0 Å². The van der Waals surface area contributed by atoms with Crippen LogP contribution >= 0.6 is 0 Å². The molecule has 0 aliphatic carbocycles. The van der Waals surface area contributed by atoms with Crippen LogP contribution in [0.15, 0.2) is 53.4 Å². The Morgan fingerprint density at radius 3 is 2.63 bits per heavy atom. The van der Waals surface area contributed by atoms with E-state index in [1.807, 2.05) is 23.1 Å². The lowest BCUT2D eigenvalue weighted by Crippen LogP contribution is -2.36. The predicted octanol–water partition coefficient (Wildman–Crippen LogP) is 2.06.